The van der Waals surface area contributed by atoms with Crippen molar-refractivity contribution in [2.24, 2.45) is 0 Å². The van der Waals surface area contributed by atoms with Crippen molar-refractivity contribution in [1.82, 2.24) is 0 Å². The van der Waals surface area contributed by atoms with Crippen LogP contribution in [0.25, 0.3) is 6.08 Å². The summed E-state index contributed by atoms with van der Waals surface area (Å²) in [5, 5.41) is 8.63. The standard InChI is InChI=1S/C20H17NO5S2/c1-25-15-8-4-14(5-9-15)21-19(24)17(28-20(21)27)12-13-2-6-16(7-3-13)26-11-10-18(22)23/h2-9,12H,10-11H2,1H3,(H,22,23)/b17-12+. The summed E-state index contributed by atoms with van der Waals surface area (Å²) < 4.78 is 11.0. The maximum atomic E-state index is 12.8. The van der Waals surface area contributed by atoms with Crippen molar-refractivity contribution in [3.63, 3.8) is 0 Å². The van der Waals surface area contributed by atoms with Gasteiger partial charge in [-0.2, -0.15) is 0 Å². The second kappa shape index (κ2) is 8.90. The molecule has 2 aromatic rings. The van der Waals surface area contributed by atoms with Crippen molar-refractivity contribution in [2.75, 3.05) is 18.6 Å². The quantitative estimate of drug-likeness (QED) is 0.542. The fraction of sp³-hybridized carbons (Fsp3) is 0.150. The van der Waals surface area contributed by atoms with Crippen molar-refractivity contribution >= 4 is 51.9 Å². The number of carboxylic acids is 1. The Balaban J connectivity index is 1.71. The lowest BCUT2D eigenvalue weighted by Gasteiger charge is -2.14. The normalized spacial score (nSPS) is 15.2. The maximum absolute atomic E-state index is 12.8. The lowest BCUT2D eigenvalue weighted by molar-refractivity contribution is -0.137. The van der Waals surface area contributed by atoms with E-state index in [0.717, 1.165) is 5.56 Å². The summed E-state index contributed by atoms with van der Waals surface area (Å²) in [4.78, 5) is 25.3. The number of aliphatic carboxylic acids is 1. The van der Waals surface area contributed by atoms with Crippen molar-refractivity contribution in [3.8, 4) is 11.5 Å². The van der Waals surface area contributed by atoms with Gasteiger partial charge in [0.25, 0.3) is 5.91 Å². The number of anilines is 1. The zero-order chi connectivity index (χ0) is 20.1. The predicted octanol–water partition coefficient (Wildman–Crippen LogP) is 3.95. The Labute approximate surface area is 171 Å². The molecule has 28 heavy (non-hydrogen) atoms. The first-order valence-corrected chi connectivity index (χ1v) is 9.57. The van der Waals surface area contributed by atoms with Crippen molar-refractivity contribution in [3.05, 3.63) is 59.0 Å². The van der Waals surface area contributed by atoms with Gasteiger partial charge in [0.05, 0.1) is 30.7 Å². The molecule has 1 heterocycles. The van der Waals surface area contributed by atoms with Gasteiger partial charge in [0, 0.05) is 0 Å². The van der Waals surface area contributed by atoms with Crippen LogP contribution in [0, 0.1) is 0 Å². The number of carbonyl (C=O) groups is 2. The molecule has 1 N–H and O–H groups in total. The van der Waals surface area contributed by atoms with Crippen LogP contribution in [0.5, 0.6) is 11.5 Å². The lowest BCUT2D eigenvalue weighted by Crippen LogP contribution is -2.27. The number of carbonyl (C=O) groups excluding carboxylic acids is 1. The van der Waals surface area contributed by atoms with Crippen LogP contribution in [0.3, 0.4) is 0 Å². The third-order valence-corrected chi connectivity index (χ3v) is 5.19. The third-order valence-electron chi connectivity index (χ3n) is 3.89. The van der Waals surface area contributed by atoms with Crippen LogP contribution in [-0.2, 0) is 9.59 Å². The topological polar surface area (TPSA) is 76.1 Å². The minimum Gasteiger partial charge on any atom is -0.497 e. The largest absolute Gasteiger partial charge is 0.497 e. The molecule has 1 aliphatic heterocycles. The maximum Gasteiger partial charge on any atom is 0.306 e. The van der Waals surface area contributed by atoms with Crippen molar-refractivity contribution in [1.29, 1.82) is 0 Å². The van der Waals surface area contributed by atoms with Crippen LogP contribution < -0.4 is 14.4 Å². The first kappa shape index (κ1) is 19.9. The Hall–Kier alpha value is -2.84. The molecule has 0 aliphatic carbocycles. The highest BCUT2D eigenvalue weighted by atomic mass is 32.2. The monoisotopic (exact) mass is 415 g/mol. The fourth-order valence-electron chi connectivity index (χ4n) is 2.49. The van der Waals surface area contributed by atoms with E-state index in [1.165, 1.54) is 16.7 Å². The first-order valence-electron chi connectivity index (χ1n) is 8.34. The second-order valence-electron chi connectivity index (χ2n) is 5.78. The summed E-state index contributed by atoms with van der Waals surface area (Å²) in [6, 6.07) is 14.2. The molecule has 0 radical (unpaired) electrons. The molecule has 0 saturated carbocycles. The van der Waals surface area contributed by atoms with Crippen molar-refractivity contribution in [2.45, 2.75) is 6.42 Å². The summed E-state index contributed by atoms with van der Waals surface area (Å²) in [5.41, 5.74) is 1.51. The molecule has 8 heteroatoms. The molecular weight excluding hydrogens is 398 g/mol. The van der Waals surface area contributed by atoms with E-state index in [1.807, 2.05) is 0 Å². The van der Waals surface area contributed by atoms with E-state index in [0.29, 0.717) is 26.4 Å². The third kappa shape index (κ3) is 4.71. The van der Waals surface area contributed by atoms with E-state index in [-0.39, 0.29) is 18.9 Å². The summed E-state index contributed by atoms with van der Waals surface area (Å²) in [7, 11) is 1.58. The lowest BCUT2D eigenvalue weighted by atomic mass is 10.2. The van der Waals surface area contributed by atoms with Gasteiger partial charge in [-0.3, -0.25) is 14.5 Å². The Morgan fingerprint density at radius 2 is 1.79 bits per heavy atom. The molecule has 1 aliphatic rings. The van der Waals surface area contributed by atoms with Crippen LogP contribution in [0.1, 0.15) is 12.0 Å². The van der Waals surface area contributed by atoms with Gasteiger partial charge < -0.3 is 14.6 Å². The minimum absolute atomic E-state index is 0.0599. The van der Waals surface area contributed by atoms with Crippen LogP contribution in [0.2, 0.25) is 0 Å². The Kier molecular flexibility index (Phi) is 6.33. The zero-order valence-electron chi connectivity index (χ0n) is 15.0. The Morgan fingerprint density at radius 1 is 1.14 bits per heavy atom. The van der Waals surface area contributed by atoms with Crippen LogP contribution in [-0.4, -0.2) is 35.0 Å². The van der Waals surface area contributed by atoms with Gasteiger partial charge in [-0.1, -0.05) is 36.1 Å². The van der Waals surface area contributed by atoms with E-state index in [1.54, 1.807) is 61.7 Å². The summed E-state index contributed by atoms with van der Waals surface area (Å²) in [6.45, 7) is 0.106. The molecule has 0 aromatic heterocycles. The van der Waals surface area contributed by atoms with Crippen LogP contribution >= 0.6 is 24.0 Å². The van der Waals surface area contributed by atoms with E-state index in [4.69, 9.17) is 26.8 Å². The summed E-state index contributed by atoms with van der Waals surface area (Å²) in [6.07, 6.45) is 1.71. The van der Waals surface area contributed by atoms with Gasteiger partial charge in [-0.25, -0.2) is 0 Å². The number of thiocarbonyl (C=S) groups is 1. The molecule has 0 atom stereocenters. The van der Waals surface area contributed by atoms with Gasteiger partial charge in [0.2, 0.25) is 0 Å². The minimum atomic E-state index is -0.907. The number of benzene rings is 2. The smallest absolute Gasteiger partial charge is 0.306 e. The first-order chi connectivity index (χ1) is 13.5. The van der Waals surface area contributed by atoms with Gasteiger partial charge in [-0.15, -0.1) is 0 Å². The summed E-state index contributed by atoms with van der Waals surface area (Å²) >= 11 is 6.62. The SMILES string of the molecule is COc1ccc(N2C(=O)/C(=C\c3ccc(OCCC(=O)O)cc3)SC2=S)cc1. The number of rotatable bonds is 7. The molecule has 1 amide bonds. The van der Waals surface area contributed by atoms with E-state index >= 15 is 0 Å². The number of methoxy groups -OCH3 is 1. The molecule has 0 bridgehead atoms. The highest BCUT2D eigenvalue weighted by molar-refractivity contribution is 8.27. The number of amides is 1. The Bertz CT molecular complexity index is 923. The number of ether oxygens (including phenoxy) is 2. The summed E-state index contributed by atoms with van der Waals surface area (Å²) in [5.74, 6) is 0.192. The number of thioether (sulfide) groups is 1. The molecule has 144 valence electrons. The Morgan fingerprint density at radius 3 is 2.39 bits per heavy atom. The second-order valence-corrected chi connectivity index (χ2v) is 7.45. The van der Waals surface area contributed by atoms with Crippen LogP contribution in [0.15, 0.2) is 53.4 Å². The van der Waals surface area contributed by atoms with Crippen LogP contribution in [0.4, 0.5) is 5.69 Å². The average molecular weight is 415 g/mol. The highest BCUT2D eigenvalue weighted by Crippen LogP contribution is 2.36. The van der Waals surface area contributed by atoms with Gasteiger partial charge >= 0.3 is 5.97 Å². The fourth-order valence-corrected chi connectivity index (χ4v) is 3.79. The van der Waals surface area contributed by atoms with Crippen molar-refractivity contribution < 1.29 is 24.2 Å². The number of hydrogen-bond donors (Lipinski definition) is 1. The molecule has 2 aromatic carbocycles. The molecular formula is C20H17NO5S2. The van der Waals surface area contributed by atoms with E-state index in [2.05, 4.69) is 0 Å². The number of hydrogen-bond acceptors (Lipinski definition) is 6. The van der Waals surface area contributed by atoms with Gasteiger partial charge in [-0.05, 0) is 48.0 Å². The van der Waals surface area contributed by atoms with E-state index < -0.39 is 5.97 Å². The molecule has 0 spiro atoms. The molecule has 1 fully saturated rings. The molecule has 6 nitrogen and oxygen atoms in total. The zero-order valence-corrected chi connectivity index (χ0v) is 16.6. The number of carboxylic acid groups (broad SMARTS) is 1. The van der Waals surface area contributed by atoms with E-state index in [9.17, 15) is 9.59 Å². The average Bonchev–Trinajstić information content (AvgIpc) is 2.96. The van der Waals surface area contributed by atoms with Gasteiger partial charge in [0.1, 0.15) is 11.5 Å². The predicted molar refractivity (Wildman–Crippen MR) is 113 cm³/mol. The molecule has 0 unspecified atom stereocenters. The molecule has 1 saturated heterocycles. The number of nitrogens with zero attached hydrogens (tertiary/aromatic N) is 1. The highest BCUT2D eigenvalue weighted by Gasteiger charge is 2.33. The molecule has 3 rings (SSSR count). The van der Waals surface area contributed by atoms with Gasteiger partial charge in [0.15, 0.2) is 4.32 Å².